The molecule has 0 amide bonds. The van der Waals surface area contributed by atoms with E-state index >= 15 is 0 Å². The summed E-state index contributed by atoms with van der Waals surface area (Å²) in [6, 6.07) is 8.66. The van der Waals surface area contributed by atoms with Crippen molar-refractivity contribution in [1.82, 2.24) is 4.98 Å². The average molecular weight is 296 g/mol. The Bertz CT molecular complexity index is 597. The van der Waals surface area contributed by atoms with Gasteiger partial charge in [0.15, 0.2) is 0 Å². The molecule has 0 spiro atoms. The molecule has 1 aromatic carbocycles. The van der Waals surface area contributed by atoms with Gasteiger partial charge < -0.3 is 4.74 Å². The summed E-state index contributed by atoms with van der Waals surface area (Å²) >= 11 is 11.9. The van der Waals surface area contributed by atoms with Crippen LogP contribution in [-0.4, -0.2) is 17.6 Å². The Hall–Kier alpha value is -1.58. The Labute approximate surface area is 121 Å². The Morgan fingerprint density at radius 2 is 1.95 bits per heavy atom. The van der Waals surface area contributed by atoms with Gasteiger partial charge in [0.25, 0.3) is 0 Å². The van der Waals surface area contributed by atoms with Crippen molar-refractivity contribution < 1.29 is 9.53 Å². The van der Waals surface area contributed by atoms with Crippen LogP contribution in [0.3, 0.4) is 0 Å². The van der Waals surface area contributed by atoms with Gasteiger partial charge in [-0.1, -0.05) is 35.3 Å². The van der Waals surface area contributed by atoms with Crippen LogP contribution in [0.4, 0.5) is 0 Å². The SMILES string of the molecule is CCOC(=O)c1ccc(-c2cc(Cl)ncc2Cl)cc1. The highest BCUT2D eigenvalue weighted by Crippen LogP contribution is 2.29. The number of pyridine rings is 1. The van der Waals surface area contributed by atoms with Gasteiger partial charge in [-0.25, -0.2) is 9.78 Å². The van der Waals surface area contributed by atoms with E-state index in [2.05, 4.69) is 4.98 Å². The number of nitrogens with zero attached hydrogens (tertiary/aromatic N) is 1. The zero-order valence-electron chi connectivity index (χ0n) is 10.2. The topological polar surface area (TPSA) is 39.2 Å². The number of rotatable bonds is 3. The molecule has 98 valence electrons. The molecule has 0 saturated carbocycles. The van der Waals surface area contributed by atoms with Crippen LogP contribution in [0.1, 0.15) is 17.3 Å². The van der Waals surface area contributed by atoms with Gasteiger partial charge in [-0.3, -0.25) is 0 Å². The highest BCUT2D eigenvalue weighted by molar-refractivity contribution is 6.34. The molecule has 0 atom stereocenters. The maximum absolute atomic E-state index is 11.5. The molecule has 0 bridgehead atoms. The Morgan fingerprint density at radius 1 is 1.26 bits per heavy atom. The third-order valence-electron chi connectivity index (χ3n) is 2.53. The van der Waals surface area contributed by atoms with E-state index < -0.39 is 0 Å². The predicted molar refractivity (Wildman–Crippen MR) is 75.6 cm³/mol. The number of aromatic nitrogens is 1. The second-order valence-electron chi connectivity index (χ2n) is 3.78. The number of hydrogen-bond acceptors (Lipinski definition) is 3. The fraction of sp³-hybridized carbons (Fsp3) is 0.143. The highest BCUT2D eigenvalue weighted by Gasteiger charge is 2.09. The first-order chi connectivity index (χ1) is 9.11. The number of esters is 1. The number of benzene rings is 1. The van der Waals surface area contributed by atoms with Gasteiger partial charge in [-0.15, -0.1) is 0 Å². The largest absolute Gasteiger partial charge is 0.462 e. The van der Waals surface area contributed by atoms with Crippen LogP contribution in [0.5, 0.6) is 0 Å². The van der Waals surface area contributed by atoms with Crippen molar-refractivity contribution in [2.45, 2.75) is 6.92 Å². The van der Waals surface area contributed by atoms with Crippen molar-refractivity contribution in [3.05, 3.63) is 52.3 Å². The molecule has 2 aromatic rings. The quantitative estimate of drug-likeness (QED) is 0.628. The summed E-state index contributed by atoms with van der Waals surface area (Å²) in [6.45, 7) is 2.12. The number of hydrogen-bond donors (Lipinski definition) is 0. The van der Waals surface area contributed by atoms with Gasteiger partial charge in [0.1, 0.15) is 5.15 Å². The molecule has 5 heteroatoms. The third-order valence-corrected chi connectivity index (χ3v) is 3.04. The molecule has 3 nitrogen and oxygen atoms in total. The van der Waals surface area contributed by atoms with Crippen LogP contribution >= 0.6 is 23.2 Å². The summed E-state index contributed by atoms with van der Waals surface area (Å²) in [6.07, 6.45) is 1.50. The lowest BCUT2D eigenvalue weighted by Gasteiger charge is -2.06. The average Bonchev–Trinajstić information content (AvgIpc) is 2.42. The standard InChI is InChI=1S/C14H11Cl2NO2/c1-2-19-14(18)10-5-3-9(4-6-10)11-7-13(16)17-8-12(11)15/h3-8H,2H2,1H3. The molecule has 1 heterocycles. The van der Waals surface area contributed by atoms with E-state index in [1.165, 1.54) is 6.20 Å². The number of ether oxygens (including phenoxy) is 1. The van der Waals surface area contributed by atoms with Crippen LogP contribution in [0, 0.1) is 0 Å². The molecular weight excluding hydrogens is 285 g/mol. The second-order valence-corrected chi connectivity index (χ2v) is 4.58. The maximum Gasteiger partial charge on any atom is 0.338 e. The van der Waals surface area contributed by atoms with Crippen LogP contribution in [0.15, 0.2) is 36.5 Å². The lowest BCUT2D eigenvalue weighted by molar-refractivity contribution is 0.0526. The Morgan fingerprint density at radius 3 is 2.58 bits per heavy atom. The molecule has 1 aromatic heterocycles. The molecular formula is C14H11Cl2NO2. The predicted octanol–water partition coefficient (Wildman–Crippen LogP) is 4.23. The van der Waals surface area contributed by atoms with Gasteiger partial charge in [0.2, 0.25) is 0 Å². The van der Waals surface area contributed by atoms with Crippen molar-refractivity contribution in [2.75, 3.05) is 6.61 Å². The molecule has 19 heavy (non-hydrogen) atoms. The molecule has 2 rings (SSSR count). The van der Waals surface area contributed by atoms with Gasteiger partial charge in [-0.05, 0) is 30.7 Å². The number of halogens is 2. The van der Waals surface area contributed by atoms with E-state index in [1.807, 2.05) is 0 Å². The van der Waals surface area contributed by atoms with Crippen LogP contribution < -0.4 is 0 Å². The van der Waals surface area contributed by atoms with Crippen molar-refractivity contribution in [1.29, 1.82) is 0 Å². The van der Waals surface area contributed by atoms with E-state index in [-0.39, 0.29) is 5.97 Å². The first-order valence-electron chi connectivity index (χ1n) is 5.70. The molecule has 0 fully saturated rings. The summed E-state index contributed by atoms with van der Waals surface area (Å²) in [5, 5.41) is 0.877. The van der Waals surface area contributed by atoms with Gasteiger partial charge >= 0.3 is 5.97 Å². The summed E-state index contributed by atoms with van der Waals surface area (Å²) < 4.78 is 4.92. The number of carbonyl (C=O) groups excluding carboxylic acids is 1. The minimum Gasteiger partial charge on any atom is -0.462 e. The van der Waals surface area contributed by atoms with Crippen molar-refractivity contribution in [3.63, 3.8) is 0 Å². The van der Waals surface area contributed by atoms with E-state index in [4.69, 9.17) is 27.9 Å². The minimum absolute atomic E-state index is 0.340. The smallest absolute Gasteiger partial charge is 0.338 e. The lowest BCUT2D eigenvalue weighted by atomic mass is 10.1. The summed E-state index contributed by atoms with van der Waals surface area (Å²) in [4.78, 5) is 15.4. The second kappa shape index (κ2) is 6.04. The van der Waals surface area contributed by atoms with Gasteiger partial charge in [0.05, 0.1) is 17.2 Å². The summed E-state index contributed by atoms with van der Waals surface area (Å²) in [5.74, 6) is -0.340. The first kappa shape index (κ1) is 13.8. The van der Waals surface area contributed by atoms with Crippen LogP contribution in [-0.2, 0) is 4.74 Å². The first-order valence-corrected chi connectivity index (χ1v) is 6.46. The summed E-state index contributed by atoms with van der Waals surface area (Å²) in [5.41, 5.74) is 2.14. The lowest BCUT2D eigenvalue weighted by Crippen LogP contribution is -2.04. The number of carbonyl (C=O) groups is 1. The third kappa shape index (κ3) is 3.25. The van der Waals surface area contributed by atoms with Crippen LogP contribution in [0.25, 0.3) is 11.1 Å². The molecule has 0 unspecified atom stereocenters. The van der Waals surface area contributed by atoms with Crippen LogP contribution in [0.2, 0.25) is 10.2 Å². The molecule has 0 radical (unpaired) electrons. The minimum atomic E-state index is -0.340. The molecule has 0 aliphatic heterocycles. The van der Waals surface area contributed by atoms with Gasteiger partial charge in [0, 0.05) is 11.8 Å². The fourth-order valence-corrected chi connectivity index (χ4v) is 2.01. The Kier molecular flexibility index (Phi) is 4.40. The highest BCUT2D eigenvalue weighted by atomic mass is 35.5. The Balaban J connectivity index is 2.32. The van der Waals surface area contributed by atoms with Crippen molar-refractivity contribution >= 4 is 29.2 Å². The molecule has 0 aliphatic carbocycles. The van der Waals surface area contributed by atoms with Gasteiger partial charge in [-0.2, -0.15) is 0 Å². The molecule has 0 aliphatic rings. The molecule has 0 N–H and O–H groups in total. The monoisotopic (exact) mass is 295 g/mol. The van der Waals surface area contributed by atoms with E-state index in [9.17, 15) is 4.79 Å². The fourth-order valence-electron chi connectivity index (χ4n) is 1.63. The molecule has 0 saturated heterocycles. The van der Waals surface area contributed by atoms with E-state index in [1.54, 1.807) is 37.3 Å². The van der Waals surface area contributed by atoms with Crippen molar-refractivity contribution in [2.24, 2.45) is 0 Å². The maximum atomic E-state index is 11.5. The zero-order chi connectivity index (χ0) is 13.8. The zero-order valence-corrected chi connectivity index (χ0v) is 11.7. The van der Waals surface area contributed by atoms with E-state index in [0.29, 0.717) is 22.3 Å². The van der Waals surface area contributed by atoms with Crippen molar-refractivity contribution in [3.8, 4) is 11.1 Å². The normalized spacial score (nSPS) is 10.3. The summed E-state index contributed by atoms with van der Waals surface area (Å²) in [7, 11) is 0. The van der Waals surface area contributed by atoms with E-state index in [0.717, 1.165) is 11.1 Å².